The highest BCUT2D eigenvalue weighted by atomic mass is 16.3. The summed E-state index contributed by atoms with van der Waals surface area (Å²) in [5.41, 5.74) is 6.19. The van der Waals surface area contributed by atoms with Crippen molar-refractivity contribution in [2.24, 2.45) is 0 Å². The van der Waals surface area contributed by atoms with Crippen LogP contribution in [0.1, 0.15) is 35.1 Å². The maximum atomic E-state index is 10.4. The normalized spacial score (nSPS) is 20.0. The molecule has 0 bridgehead atoms. The summed E-state index contributed by atoms with van der Waals surface area (Å²) in [5, 5.41) is 10.4. The molecule has 0 saturated heterocycles. The molecule has 0 heterocycles. The minimum atomic E-state index is -0.348. The van der Waals surface area contributed by atoms with Crippen molar-refractivity contribution in [3.63, 3.8) is 0 Å². The highest BCUT2D eigenvalue weighted by molar-refractivity contribution is 5.63. The summed E-state index contributed by atoms with van der Waals surface area (Å²) in [6, 6.07) is 27.5. The maximum Gasteiger partial charge on any atom is 0.0798 e. The van der Waals surface area contributed by atoms with Crippen molar-refractivity contribution in [2.45, 2.75) is 24.9 Å². The Morgan fingerprint density at radius 1 is 0.696 bits per heavy atom. The molecule has 0 radical (unpaired) electrons. The Hall–Kier alpha value is -2.38. The fourth-order valence-corrected chi connectivity index (χ4v) is 3.62. The molecule has 1 aliphatic carbocycles. The van der Waals surface area contributed by atoms with Crippen LogP contribution in [0.15, 0.2) is 78.9 Å². The molecule has 2 atom stereocenters. The van der Waals surface area contributed by atoms with Crippen LogP contribution in [-0.2, 0) is 6.42 Å². The fourth-order valence-electron chi connectivity index (χ4n) is 3.62. The maximum absolute atomic E-state index is 10.4. The first-order chi connectivity index (χ1) is 11.3. The largest absolute Gasteiger partial charge is 0.388 e. The molecule has 1 N–H and O–H groups in total. The molecule has 1 nitrogen and oxygen atoms in total. The molecular formula is C22H20O. The highest BCUT2D eigenvalue weighted by Gasteiger charge is 2.26. The van der Waals surface area contributed by atoms with Gasteiger partial charge >= 0.3 is 0 Å². The Balaban J connectivity index is 1.60. The van der Waals surface area contributed by atoms with Gasteiger partial charge in [0.1, 0.15) is 0 Å². The Kier molecular flexibility index (Phi) is 3.72. The van der Waals surface area contributed by atoms with E-state index in [1.54, 1.807) is 0 Å². The van der Waals surface area contributed by atoms with Gasteiger partial charge in [-0.1, -0.05) is 78.9 Å². The third-order valence-corrected chi connectivity index (χ3v) is 4.88. The summed E-state index contributed by atoms with van der Waals surface area (Å²) < 4.78 is 0. The van der Waals surface area contributed by atoms with Crippen LogP contribution >= 0.6 is 0 Å². The topological polar surface area (TPSA) is 20.2 Å². The number of hydrogen-bond acceptors (Lipinski definition) is 1. The third-order valence-electron chi connectivity index (χ3n) is 4.88. The Morgan fingerprint density at radius 2 is 1.35 bits per heavy atom. The lowest BCUT2D eigenvalue weighted by molar-refractivity contribution is 0.147. The van der Waals surface area contributed by atoms with Gasteiger partial charge in [0.15, 0.2) is 0 Å². The van der Waals surface area contributed by atoms with Gasteiger partial charge in [-0.25, -0.2) is 0 Å². The van der Waals surface area contributed by atoms with Crippen molar-refractivity contribution in [3.8, 4) is 11.1 Å². The van der Waals surface area contributed by atoms with Crippen molar-refractivity contribution in [3.05, 3.63) is 95.6 Å². The smallest absolute Gasteiger partial charge is 0.0798 e. The summed E-state index contributed by atoms with van der Waals surface area (Å²) in [6.45, 7) is 0. The molecule has 114 valence electrons. The van der Waals surface area contributed by atoms with Crippen LogP contribution in [0.3, 0.4) is 0 Å². The zero-order valence-electron chi connectivity index (χ0n) is 13.0. The van der Waals surface area contributed by atoms with Crippen LogP contribution in [0.2, 0.25) is 0 Å². The molecule has 23 heavy (non-hydrogen) atoms. The SMILES string of the molecule is O[C@@H]1C[C@H](c2ccc(-c3ccccc3)cc2)Cc2ccccc21. The van der Waals surface area contributed by atoms with E-state index in [0.717, 1.165) is 18.4 Å². The van der Waals surface area contributed by atoms with Crippen LogP contribution in [0.4, 0.5) is 0 Å². The van der Waals surface area contributed by atoms with E-state index >= 15 is 0 Å². The van der Waals surface area contributed by atoms with Gasteiger partial charge in [-0.3, -0.25) is 0 Å². The van der Waals surface area contributed by atoms with Crippen molar-refractivity contribution >= 4 is 0 Å². The van der Waals surface area contributed by atoms with Gasteiger partial charge in [0.2, 0.25) is 0 Å². The summed E-state index contributed by atoms with van der Waals surface area (Å²) in [7, 11) is 0. The average Bonchev–Trinajstić information content (AvgIpc) is 2.63. The molecule has 0 aromatic heterocycles. The first-order valence-corrected chi connectivity index (χ1v) is 8.22. The first-order valence-electron chi connectivity index (χ1n) is 8.22. The fraction of sp³-hybridized carbons (Fsp3) is 0.182. The molecule has 0 saturated carbocycles. The molecule has 0 spiro atoms. The van der Waals surface area contributed by atoms with Crippen LogP contribution in [0.25, 0.3) is 11.1 Å². The quantitative estimate of drug-likeness (QED) is 0.696. The number of benzene rings is 3. The lowest BCUT2D eigenvalue weighted by atomic mass is 9.78. The standard InChI is InChI=1S/C22H20O/c23-22-15-20(14-19-8-4-5-9-21(19)22)18-12-10-17(11-13-18)16-6-2-1-3-7-16/h1-13,20,22-23H,14-15H2/t20-,22-/m1/s1. The second kappa shape index (κ2) is 6.02. The molecule has 0 fully saturated rings. The van der Waals surface area contributed by atoms with Crippen molar-refractivity contribution in [1.29, 1.82) is 0 Å². The molecule has 3 aromatic carbocycles. The second-order valence-electron chi connectivity index (χ2n) is 6.34. The molecule has 1 heteroatoms. The minimum absolute atomic E-state index is 0.348. The van der Waals surface area contributed by atoms with Gasteiger partial charge in [0.05, 0.1) is 6.10 Å². The van der Waals surface area contributed by atoms with E-state index in [1.807, 2.05) is 12.1 Å². The van der Waals surface area contributed by atoms with Gasteiger partial charge in [0, 0.05) is 0 Å². The average molecular weight is 300 g/mol. The van der Waals surface area contributed by atoms with Crippen molar-refractivity contribution < 1.29 is 5.11 Å². The van der Waals surface area contributed by atoms with E-state index in [0.29, 0.717) is 5.92 Å². The van der Waals surface area contributed by atoms with Gasteiger partial charge in [-0.05, 0) is 46.6 Å². The lowest BCUT2D eigenvalue weighted by Crippen LogP contribution is -2.17. The Morgan fingerprint density at radius 3 is 2.13 bits per heavy atom. The minimum Gasteiger partial charge on any atom is -0.388 e. The molecule has 3 aromatic rings. The van der Waals surface area contributed by atoms with E-state index in [1.165, 1.54) is 22.3 Å². The predicted molar refractivity (Wildman–Crippen MR) is 94.3 cm³/mol. The van der Waals surface area contributed by atoms with Crippen LogP contribution < -0.4 is 0 Å². The predicted octanol–water partition coefficient (Wildman–Crippen LogP) is 5.12. The highest BCUT2D eigenvalue weighted by Crippen LogP contribution is 2.38. The van der Waals surface area contributed by atoms with Gasteiger partial charge < -0.3 is 5.11 Å². The van der Waals surface area contributed by atoms with Gasteiger partial charge in [-0.15, -0.1) is 0 Å². The third kappa shape index (κ3) is 2.80. The van der Waals surface area contributed by atoms with E-state index < -0.39 is 0 Å². The summed E-state index contributed by atoms with van der Waals surface area (Å²) in [4.78, 5) is 0. The monoisotopic (exact) mass is 300 g/mol. The number of aliphatic hydroxyl groups excluding tert-OH is 1. The summed E-state index contributed by atoms with van der Waals surface area (Å²) in [5.74, 6) is 0.393. The van der Waals surface area contributed by atoms with Crippen LogP contribution in [0.5, 0.6) is 0 Å². The Bertz CT molecular complexity index is 790. The zero-order valence-corrected chi connectivity index (χ0v) is 13.0. The van der Waals surface area contributed by atoms with E-state index in [9.17, 15) is 5.11 Å². The molecule has 0 unspecified atom stereocenters. The van der Waals surface area contributed by atoms with E-state index in [2.05, 4.69) is 66.7 Å². The lowest BCUT2D eigenvalue weighted by Gasteiger charge is -2.29. The number of fused-ring (bicyclic) bond motifs is 1. The Labute approximate surface area is 137 Å². The van der Waals surface area contributed by atoms with Crippen molar-refractivity contribution in [1.82, 2.24) is 0 Å². The van der Waals surface area contributed by atoms with Crippen molar-refractivity contribution in [2.75, 3.05) is 0 Å². The number of aliphatic hydroxyl groups is 1. The molecule has 0 aliphatic heterocycles. The van der Waals surface area contributed by atoms with Gasteiger partial charge in [0.25, 0.3) is 0 Å². The zero-order chi connectivity index (χ0) is 15.6. The summed E-state index contributed by atoms with van der Waals surface area (Å²) in [6.07, 6.45) is 1.47. The number of rotatable bonds is 2. The van der Waals surface area contributed by atoms with Crippen LogP contribution in [-0.4, -0.2) is 5.11 Å². The van der Waals surface area contributed by atoms with E-state index in [-0.39, 0.29) is 6.10 Å². The summed E-state index contributed by atoms with van der Waals surface area (Å²) >= 11 is 0. The van der Waals surface area contributed by atoms with Crippen LogP contribution in [0, 0.1) is 0 Å². The molecule has 4 rings (SSSR count). The second-order valence-corrected chi connectivity index (χ2v) is 6.34. The molecule has 1 aliphatic rings. The first kappa shape index (κ1) is 14.2. The van der Waals surface area contributed by atoms with E-state index in [4.69, 9.17) is 0 Å². The molecule has 0 amide bonds. The van der Waals surface area contributed by atoms with Gasteiger partial charge in [-0.2, -0.15) is 0 Å². The molecular weight excluding hydrogens is 280 g/mol. The number of hydrogen-bond donors (Lipinski definition) is 1.